The molecule has 0 spiro atoms. The summed E-state index contributed by atoms with van der Waals surface area (Å²) in [5, 5.41) is 13.5. The number of nitrogens with zero attached hydrogens (tertiary/aromatic N) is 4. The topological polar surface area (TPSA) is 203 Å². The van der Waals surface area contributed by atoms with Gasteiger partial charge in [0.25, 0.3) is 0 Å². The van der Waals surface area contributed by atoms with Gasteiger partial charge in [0.05, 0.1) is 0 Å². The van der Waals surface area contributed by atoms with Crippen LogP contribution in [0.1, 0.15) is 33.9 Å². The Morgan fingerprint density at radius 2 is 1.55 bits per heavy atom. The molecular weight excluding hydrogens is 532 g/mol. The molecule has 5 atom stereocenters. The average molecular weight is 559 g/mol. The molecule has 0 amide bonds. The minimum absolute atomic E-state index is 0.176. The van der Waals surface area contributed by atoms with Gasteiger partial charge in [0.2, 0.25) is 0 Å². The number of fused-ring (bicyclic) bond motifs is 1. The van der Waals surface area contributed by atoms with Gasteiger partial charge in [-0.15, -0.1) is 0 Å². The molecule has 1 aliphatic heterocycles. The maximum absolute atomic E-state index is 13.2. The van der Waals surface area contributed by atoms with Gasteiger partial charge in [0.15, 0.2) is 24.5 Å². The first-order valence-corrected chi connectivity index (χ1v) is 12.0. The first-order chi connectivity index (χ1) is 19.0. The zero-order valence-corrected chi connectivity index (χ0v) is 21.9. The summed E-state index contributed by atoms with van der Waals surface area (Å²) < 4.78 is 28.2. The van der Waals surface area contributed by atoms with Crippen LogP contribution in [0.2, 0.25) is 0 Å². The lowest BCUT2D eigenvalue weighted by Crippen LogP contribution is -2.61. The predicted octanol–water partition coefficient (Wildman–Crippen LogP) is 0.514. The second-order valence-corrected chi connectivity index (χ2v) is 8.74. The highest BCUT2D eigenvalue weighted by atomic mass is 16.7. The summed E-state index contributed by atoms with van der Waals surface area (Å²) in [4.78, 5) is 64.7. The fourth-order valence-electron chi connectivity index (χ4n) is 4.17. The summed E-state index contributed by atoms with van der Waals surface area (Å²) in [6.45, 7) is 4.05. The van der Waals surface area contributed by atoms with Crippen molar-refractivity contribution in [2.45, 2.75) is 58.3 Å². The van der Waals surface area contributed by atoms with Crippen molar-refractivity contribution in [3.05, 3.63) is 40.9 Å². The zero-order valence-electron chi connectivity index (χ0n) is 21.9. The summed E-state index contributed by atoms with van der Waals surface area (Å²) in [6, 6.07) is 6.60. The van der Waals surface area contributed by atoms with Gasteiger partial charge >= 0.3 is 29.6 Å². The lowest BCUT2D eigenvalue weighted by molar-refractivity contribution is -0.269. The lowest BCUT2D eigenvalue weighted by atomic mass is 9.97. The van der Waals surface area contributed by atoms with Gasteiger partial charge in [0.1, 0.15) is 29.6 Å². The quantitative estimate of drug-likeness (QED) is 0.286. The molecule has 212 valence electrons. The summed E-state index contributed by atoms with van der Waals surface area (Å²) in [7, 11) is 0. The van der Waals surface area contributed by atoms with Crippen molar-refractivity contribution in [2.24, 2.45) is 0 Å². The van der Waals surface area contributed by atoms with Crippen molar-refractivity contribution < 1.29 is 42.9 Å². The Kier molecular flexibility index (Phi) is 8.37. The highest BCUT2D eigenvalue weighted by Crippen LogP contribution is 2.34. The predicted molar refractivity (Wildman–Crippen MR) is 133 cm³/mol. The minimum Gasteiger partial charge on any atom is -0.463 e. The SMILES string of the molecule is CC(=O)OC[C@H]1O[C@@H](n2ccc(Nc3ccc4n[nH]nc4c3)nc2=O)[C@H](OC(C)=O)[C@@H](OC(C)=O)[C@@H]1OC(C)=O. The molecule has 2 N–H and O–H groups in total. The molecule has 0 bridgehead atoms. The molecule has 0 radical (unpaired) electrons. The van der Waals surface area contributed by atoms with Gasteiger partial charge in [0, 0.05) is 39.6 Å². The number of H-pyrrole nitrogens is 1. The third-order valence-corrected chi connectivity index (χ3v) is 5.66. The number of anilines is 2. The highest BCUT2D eigenvalue weighted by molar-refractivity contribution is 5.79. The third-order valence-electron chi connectivity index (χ3n) is 5.66. The molecule has 16 nitrogen and oxygen atoms in total. The number of hydrogen-bond acceptors (Lipinski definition) is 14. The van der Waals surface area contributed by atoms with Crippen LogP contribution in [0, 0.1) is 0 Å². The largest absolute Gasteiger partial charge is 0.463 e. The second-order valence-electron chi connectivity index (χ2n) is 8.74. The van der Waals surface area contributed by atoms with Crippen molar-refractivity contribution in [3.63, 3.8) is 0 Å². The average Bonchev–Trinajstić information content (AvgIpc) is 3.33. The first kappa shape index (κ1) is 28.2. The van der Waals surface area contributed by atoms with E-state index in [0.29, 0.717) is 16.7 Å². The molecule has 0 unspecified atom stereocenters. The maximum Gasteiger partial charge on any atom is 0.351 e. The second kappa shape index (κ2) is 11.9. The van der Waals surface area contributed by atoms with Crippen LogP contribution in [-0.2, 0) is 42.9 Å². The van der Waals surface area contributed by atoms with Crippen molar-refractivity contribution in [2.75, 3.05) is 11.9 Å². The number of carbonyl (C=O) groups is 4. The molecule has 0 saturated carbocycles. The van der Waals surface area contributed by atoms with Crippen LogP contribution in [0.5, 0.6) is 0 Å². The van der Waals surface area contributed by atoms with Crippen LogP contribution in [0.4, 0.5) is 11.5 Å². The Morgan fingerprint density at radius 3 is 2.20 bits per heavy atom. The van der Waals surface area contributed by atoms with Crippen LogP contribution in [0.3, 0.4) is 0 Å². The first-order valence-electron chi connectivity index (χ1n) is 12.0. The fraction of sp³-hybridized carbons (Fsp3) is 0.417. The molecule has 0 aliphatic carbocycles. The van der Waals surface area contributed by atoms with Crippen molar-refractivity contribution in [3.8, 4) is 0 Å². The van der Waals surface area contributed by atoms with Crippen molar-refractivity contribution in [1.82, 2.24) is 25.0 Å². The number of ether oxygens (including phenoxy) is 5. The molecule has 4 rings (SSSR count). The number of esters is 4. The van der Waals surface area contributed by atoms with Crippen LogP contribution in [0.25, 0.3) is 11.0 Å². The fourth-order valence-corrected chi connectivity index (χ4v) is 4.17. The van der Waals surface area contributed by atoms with Crippen LogP contribution in [-0.4, -0.2) is 79.9 Å². The van der Waals surface area contributed by atoms with Crippen LogP contribution < -0.4 is 11.0 Å². The third kappa shape index (κ3) is 6.58. The molecule has 16 heteroatoms. The van der Waals surface area contributed by atoms with Gasteiger partial charge in [-0.3, -0.25) is 23.7 Å². The molecule has 1 saturated heterocycles. The van der Waals surface area contributed by atoms with E-state index >= 15 is 0 Å². The number of aromatic nitrogens is 5. The Hall–Kier alpha value is -4.86. The smallest absolute Gasteiger partial charge is 0.351 e. The molecule has 1 fully saturated rings. The van der Waals surface area contributed by atoms with E-state index in [0.717, 1.165) is 32.3 Å². The van der Waals surface area contributed by atoms with E-state index in [2.05, 4.69) is 25.7 Å². The number of aromatic amines is 1. The highest BCUT2D eigenvalue weighted by Gasteiger charge is 2.53. The van der Waals surface area contributed by atoms with Crippen molar-refractivity contribution in [1.29, 1.82) is 0 Å². The molecular formula is C24H26N6O10. The number of nitrogens with one attached hydrogen (secondary N) is 2. The Balaban J connectivity index is 1.70. The zero-order chi connectivity index (χ0) is 29.0. The number of benzene rings is 1. The molecule has 3 heterocycles. The van der Waals surface area contributed by atoms with Gasteiger partial charge in [-0.1, -0.05) is 0 Å². The summed E-state index contributed by atoms with van der Waals surface area (Å²) in [5.74, 6) is -2.84. The van der Waals surface area contributed by atoms with E-state index < -0.39 is 66.8 Å². The molecule has 1 aromatic carbocycles. The molecule has 3 aromatic rings. The van der Waals surface area contributed by atoms with Gasteiger partial charge in [-0.2, -0.15) is 20.4 Å². The van der Waals surface area contributed by atoms with E-state index in [4.69, 9.17) is 23.7 Å². The Labute approximate surface area is 225 Å². The van der Waals surface area contributed by atoms with Gasteiger partial charge < -0.3 is 29.0 Å². The van der Waals surface area contributed by atoms with E-state index in [1.165, 1.54) is 12.3 Å². The maximum atomic E-state index is 13.2. The van der Waals surface area contributed by atoms with E-state index in [9.17, 15) is 24.0 Å². The Bertz CT molecular complexity index is 1490. The number of rotatable bonds is 8. The standard InChI is InChI=1S/C24H26N6O10/c1-11(31)36-10-18-20(37-12(2)32)21(38-13(3)33)22(39-14(4)34)23(40-18)30-8-7-19(26-24(30)35)25-15-5-6-16-17(9-15)28-29-27-16/h5-9,18,20-23H,10H2,1-4H3,(H,25,26,35)(H,27,28,29)/t18-,20-,21+,22-,23-/m1/s1. The number of hydrogen-bond donors (Lipinski definition) is 2. The number of carbonyl (C=O) groups excluding carboxylic acids is 4. The normalized spacial score (nSPS) is 22.2. The molecule has 1 aliphatic rings. The molecule has 2 aromatic heterocycles. The van der Waals surface area contributed by atoms with Gasteiger partial charge in [-0.25, -0.2) is 4.79 Å². The van der Waals surface area contributed by atoms with Crippen LogP contribution >= 0.6 is 0 Å². The Morgan fingerprint density at radius 1 is 0.900 bits per heavy atom. The minimum atomic E-state index is -1.45. The van der Waals surface area contributed by atoms with E-state index in [-0.39, 0.29) is 5.82 Å². The summed E-state index contributed by atoms with van der Waals surface area (Å²) in [5.41, 5.74) is 1.00. The monoisotopic (exact) mass is 558 g/mol. The van der Waals surface area contributed by atoms with E-state index in [1.807, 2.05) is 0 Å². The van der Waals surface area contributed by atoms with Gasteiger partial charge in [-0.05, 0) is 24.3 Å². The van der Waals surface area contributed by atoms with Crippen molar-refractivity contribution >= 4 is 46.4 Å². The molecule has 40 heavy (non-hydrogen) atoms. The summed E-state index contributed by atoms with van der Waals surface area (Å²) in [6.07, 6.45) is -5.53. The lowest BCUT2D eigenvalue weighted by Gasteiger charge is -2.44. The summed E-state index contributed by atoms with van der Waals surface area (Å²) >= 11 is 0. The van der Waals surface area contributed by atoms with Crippen LogP contribution in [0.15, 0.2) is 35.3 Å². The van der Waals surface area contributed by atoms with E-state index in [1.54, 1.807) is 18.2 Å².